The number of hydrogen-bond donors (Lipinski definition) is 1. The van der Waals surface area contributed by atoms with Crippen molar-refractivity contribution in [1.82, 2.24) is 15.4 Å². The maximum absolute atomic E-state index is 11.7. The lowest BCUT2D eigenvalue weighted by Crippen LogP contribution is -2.06. The quantitative estimate of drug-likeness (QED) is 0.878. The Kier molecular flexibility index (Phi) is 3.98. The average molecular weight is 331 g/mol. The molecule has 5 nitrogen and oxygen atoms in total. The van der Waals surface area contributed by atoms with E-state index in [9.17, 15) is 4.79 Å². The summed E-state index contributed by atoms with van der Waals surface area (Å²) in [5.41, 5.74) is 1.22. The molecule has 0 saturated carbocycles. The molecule has 18 heavy (non-hydrogen) atoms. The van der Waals surface area contributed by atoms with E-state index in [1.54, 1.807) is 25.1 Å². The van der Waals surface area contributed by atoms with Crippen molar-refractivity contribution < 1.29 is 9.53 Å². The molecule has 0 bridgehead atoms. The van der Waals surface area contributed by atoms with Crippen LogP contribution in [0.4, 0.5) is 0 Å². The summed E-state index contributed by atoms with van der Waals surface area (Å²) in [5, 5.41) is 10.7. The van der Waals surface area contributed by atoms with Crippen LogP contribution in [0, 0.1) is 0 Å². The van der Waals surface area contributed by atoms with Crippen LogP contribution in [0.25, 0.3) is 11.3 Å². The highest BCUT2D eigenvalue weighted by Crippen LogP contribution is 2.31. The highest BCUT2D eigenvalue weighted by atomic mass is 79.9. The molecular weight excluding hydrogens is 321 g/mol. The molecule has 0 amide bonds. The van der Waals surface area contributed by atoms with Crippen LogP contribution in [-0.2, 0) is 4.74 Å². The predicted molar refractivity (Wildman–Crippen MR) is 70.5 cm³/mol. The minimum Gasteiger partial charge on any atom is -0.461 e. The van der Waals surface area contributed by atoms with Gasteiger partial charge >= 0.3 is 5.97 Å². The highest BCUT2D eigenvalue weighted by Gasteiger charge is 2.20. The van der Waals surface area contributed by atoms with E-state index in [4.69, 9.17) is 16.3 Å². The molecule has 0 unspecified atom stereocenters. The van der Waals surface area contributed by atoms with Crippen molar-refractivity contribution >= 4 is 33.5 Å². The lowest BCUT2D eigenvalue weighted by atomic mass is 10.1. The van der Waals surface area contributed by atoms with Crippen LogP contribution in [0.3, 0.4) is 0 Å². The fraction of sp³-hybridized carbons (Fsp3) is 0.182. The Bertz CT molecular complexity index is 585. The molecule has 1 aromatic heterocycles. The number of nitrogens with zero attached hydrogens (tertiary/aromatic N) is 2. The molecular formula is C11H9BrClN3O2. The van der Waals surface area contributed by atoms with Gasteiger partial charge in [-0.3, -0.25) is 0 Å². The number of H-pyrrole nitrogens is 1. The summed E-state index contributed by atoms with van der Waals surface area (Å²) in [7, 11) is 0. The maximum atomic E-state index is 11.7. The molecule has 2 aromatic rings. The van der Waals surface area contributed by atoms with E-state index >= 15 is 0 Å². The molecule has 2 rings (SSSR count). The first-order chi connectivity index (χ1) is 8.63. The van der Waals surface area contributed by atoms with Gasteiger partial charge in [0.2, 0.25) is 0 Å². The average Bonchev–Trinajstić information content (AvgIpc) is 2.81. The van der Waals surface area contributed by atoms with Crippen LogP contribution < -0.4 is 0 Å². The summed E-state index contributed by atoms with van der Waals surface area (Å²) in [6.07, 6.45) is 0. The van der Waals surface area contributed by atoms with Gasteiger partial charge in [0.15, 0.2) is 5.69 Å². The van der Waals surface area contributed by atoms with Gasteiger partial charge in [-0.15, -0.1) is 5.10 Å². The zero-order valence-corrected chi connectivity index (χ0v) is 11.7. The molecule has 1 aromatic carbocycles. The first-order valence-electron chi connectivity index (χ1n) is 5.16. The van der Waals surface area contributed by atoms with E-state index < -0.39 is 5.97 Å². The number of aromatic amines is 1. The molecule has 1 heterocycles. The Labute approximate surface area is 117 Å². The van der Waals surface area contributed by atoms with Crippen molar-refractivity contribution in [3.05, 3.63) is 33.4 Å². The largest absolute Gasteiger partial charge is 0.461 e. The molecule has 1 N–H and O–H groups in total. The van der Waals surface area contributed by atoms with Crippen molar-refractivity contribution in [2.75, 3.05) is 6.61 Å². The normalized spacial score (nSPS) is 10.4. The van der Waals surface area contributed by atoms with Gasteiger partial charge in [-0.05, 0) is 25.1 Å². The van der Waals surface area contributed by atoms with E-state index in [2.05, 4.69) is 31.3 Å². The van der Waals surface area contributed by atoms with Crippen LogP contribution in [-0.4, -0.2) is 28.0 Å². The van der Waals surface area contributed by atoms with Gasteiger partial charge in [-0.1, -0.05) is 27.5 Å². The van der Waals surface area contributed by atoms with Gasteiger partial charge in [0, 0.05) is 15.1 Å². The second-order valence-electron chi connectivity index (χ2n) is 3.37. The van der Waals surface area contributed by atoms with E-state index in [1.165, 1.54) is 0 Å². The van der Waals surface area contributed by atoms with E-state index in [-0.39, 0.29) is 12.3 Å². The van der Waals surface area contributed by atoms with Crippen LogP contribution in [0.2, 0.25) is 5.02 Å². The Morgan fingerprint density at radius 1 is 1.50 bits per heavy atom. The molecule has 0 aliphatic carbocycles. The number of carbonyl (C=O) groups is 1. The smallest absolute Gasteiger partial charge is 0.361 e. The Hall–Kier alpha value is -1.40. The first kappa shape index (κ1) is 13.0. The number of ether oxygens (including phenoxy) is 1. The molecule has 0 saturated heterocycles. The van der Waals surface area contributed by atoms with Crippen molar-refractivity contribution in [3.63, 3.8) is 0 Å². The summed E-state index contributed by atoms with van der Waals surface area (Å²) in [6.45, 7) is 2.01. The van der Waals surface area contributed by atoms with Gasteiger partial charge < -0.3 is 4.74 Å². The number of hydrogen-bond acceptors (Lipinski definition) is 4. The van der Waals surface area contributed by atoms with Crippen LogP contribution in [0.5, 0.6) is 0 Å². The monoisotopic (exact) mass is 329 g/mol. The topological polar surface area (TPSA) is 67.9 Å². The number of aromatic nitrogens is 3. The van der Waals surface area contributed by atoms with Gasteiger partial charge in [0.05, 0.1) is 6.61 Å². The van der Waals surface area contributed by atoms with E-state index in [0.29, 0.717) is 16.3 Å². The Morgan fingerprint density at radius 3 is 3.00 bits per heavy atom. The molecule has 0 aliphatic heterocycles. The van der Waals surface area contributed by atoms with Gasteiger partial charge in [-0.25, -0.2) is 4.79 Å². The molecule has 0 spiro atoms. The van der Waals surface area contributed by atoms with Gasteiger partial charge in [0.25, 0.3) is 0 Å². The minimum atomic E-state index is -0.520. The predicted octanol–water partition coefficient (Wildman–Crippen LogP) is 3.06. The third-order valence-corrected chi connectivity index (χ3v) is 3.13. The Morgan fingerprint density at radius 2 is 2.28 bits per heavy atom. The standard InChI is InChI=1S/C11H9BrClN3O2/c1-2-18-11(17)10-9(14-16-15-10)7-5-6(13)3-4-8(7)12/h3-5H,2H2,1H3,(H,14,15,16). The van der Waals surface area contributed by atoms with Crippen LogP contribution in [0.15, 0.2) is 22.7 Å². The number of rotatable bonds is 3. The van der Waals surface area contributed by atoms with Crippen LogP contribution in [0.1, 0.15) is 17.4 Å². The summed E-state index contributed by atoms with van der Waals surface area (Å²) < 4.78 is 5.68. The van der Waals surface area contributed by atoms with Crippen molar-refractivity contribution in [1.29, 1.82) is 0 Å². The van der Waals surface area contributed by atoms with Crippen LogP contribution >= 0.6 is 27.5 Å². The van der Waals surface area contributed by atoms with Crippen molar-refractivity contribution in [2.24, 2.45) is 0 Å². The summed E-state index contributed by atoms with van der Waals surface area (Å²) in [6, 6.07) is 5.22. The van der Waals surface area contributed by atoms with Crippen molar-refractivity contribution in [2.45, 2.75) is 6.92 Å². The second kappa shape index (κ2) is 5.49. The number of halogens is 2. The van der Waals surface area contributed by atoms with Gasteiger partial charge in [0.1, 0.15) is 5.69 Å². The molecule has 94 valence electrons. The zero-order valence-electron chi connectivity index (χ0n) is 9.41. The number of esters is 1. The fourth-order valence-corrected chi connectivity index (χ4v) is 2.05. The first-order valence-corrected chi connectivity index (χ1v) is 6.34. The lowest BCUT2D eigenvalue weighted by molar-refractivity contribution is 0.0520. The van der Waals surface area contributed by atoms with E-state index in [1.807, 2.05) is 0 Å². The molecule has 0 fully saturated rings. The number of nitrogens with one attached hydrogen (secondary N) is 1. The van der Waals surface area contributed by atoms with E-state index in [0.717, 1.165) is 4.47 Å². The summed E-state index contributed by atoms with van der Waals surface area (Å²) in [4.78, 5) is 11.7. The molecule has 0 atom stereocenters. The third-order valence-electron chi connectivity index (χ3n) is 2.20. The number of carbonyl (C=O) groups excluding carboxylic acids is 1. The third kappa shape index (κ3) is 2.54. The highest BCUT2D eigenvalue weighted by molar-refractivity contribution is 9.10. The SMILES string of the molecule is CCOC(=O)c1n[nH]nc1-c1cc(Cl)ccc1Br. The van der Waals surface area contributed by atoms with Gasteiger partial charge in [-0.2, -0.15) is 10.3 Å². The maximum Gasteiger partial charge on any atom is 0.361 e. The molecule has 0 aliphatic rings. The molecule has 0 radical (unpaired) electrons. The summed E-state index contributed by atoms with van der Waals surface area (Å²) in [5.74, 6) is -0.520. The fourth-order valence-electron chi connectivity index (χ4n) is 1.44. The number of benzene rings is 1. The summed E-state index contributed by atoms with van der Waals surface area (Å²) >= 11 is 9.31. The molecule has 7 heteroatoms. The van der Waals surface area contributed by atoms with Crippen molar-refractivity contribution in [3.8, 4) is 11.3 Å². The Balaban J connectivity index is 2.48. The lowest BCUT2D eigenvalue weighted by Gasteiger charge is -2.04. The zero-order chi connectivity index (χ0) is 13.1. The minimum absolute atomic E-state index is 0.139. The second-order valence-corrected chi connectivity index (χ2v) is 4.66.